The van der Waals surface area contributed by atoms with E-state index in [2.05, 4.69) is 0 Å². The Hall–Kier alpha value is -0.485. The zero-order chi connectivity index (χ0) is 12.8. The Kier molecular flexibility index (Phi) is 3.06. The molecule has 6 heteroatoms. The highest BCUT2D eigenvalue weighted by atomic mass is 35.5. The Morgan fingerprint density at radius 3 is 2.12 bits per heavy atom. The molecule has 1 aromatic heterocycles. The van der Waals surface area contributed by atoms with Crippen molar-refractivity contribution in [3.63, 3.8) is 0 Å². The molecule has 1 saturated heterocycles. The molecule has 0 aromatic carbocycles. The van der Waals surface area contributed by atoms with Gasteiger partial charge in [0.25, 0.3) is 0 Å². The molecule has 17 heavy (non-hydrogen) atoms. The summed E-state index contributed by atoms with van der Waals surface area (Å²) in [5.74, 6) is 0.0806. The molecule has 1 aromatic rings. The number of halogens is 1. The van der Waals surface area contributed by atoms with Gasteiger partial charge in [-0.1, -0.05) is 0 Å². The summed E-state index contributed by atoms with van der Waals surface area (Å²) >= 11 is 5.72. The summed E-state index contributed by atoms with van der Waals surface area (Å²) in [7, 11) is -0.526. The molecule has 0 spiro atoms. The van der Waals surface area contributed by atoms with Gasteiger partial charge in [0, 0.05) is 0 Å². The number of hydrogen-bond acceptors (Lipinski definition) is 4. The minimum atomic E-state index is -0.526. The van der Waals surface area contributed by atoms with Crippen LogP contribution in [0, 0.1) is 0 Å². The summed E-state index contributed by atoms with van der Waals surface area (Å²) in [5.41, 5.74) is 5.26. The zero-order valence-electron chi connectivity index (χ0n) is 10.5. The lowest BCUT2D eigenvalue weighted by Crippen LogP contribution is -2.41. The second-order valence-corrected chi connectivity index (χ2v) is 5.66. The van der Waals surface area contributed by atoms with Gasteiger partial charge in [0.2, 0.25) is 0 Å². The molecule has 0 aliphatic carbocycles. The van der Waals surface area contributed by atoms with E-state index in [-0.39, 0.29) is 0 Å². The first-order chi connectivity index (χ1) is 7.73. The van der Waals surface area contributed by atoms with Crippen LogP contribution in [0.4, 0.5) is 0 Å². The molecule has 2 heterocycles. The summed E-state index contributed by atoms with van der Waals surface area (Å²) in [6, 6.07) is 3.39. The predicted molar refractivity (Wildman–Crippen MR) is 66.7 cm³/mol. The average Bonchev–Trinajstić information content (AvgIpc) is 2.69. The molecule has 1 aliphatic rings. The fraction of sp³-hybridized carbons (Fsp3) is 0.636. The molecule has 1 atom stereocenters. The molecular formula is C11H17BClNO3. The van der Waals surface area contributed by atoms with Gasteiger partial charge in [-0.25, -0.2) is 0 Å². The van der Waals surface area contributed by atoms with Crippen LogP contribution in [0.15, 0.2) is 16.5 Å². The molecule has 0 unspecified atom stereocenters. The third-order valence-electron chi connectivity index (χ3n) is 3.49. The van der Waals surface area contributed by atoms with Crippen molar-refractivity contribution in [3.05, 3.63) is 23.1 Å². The van der Waals surface area contributed by atoms with Crippen molar-refractivity contribution >= 4 is 18.7 Å². The van der Waals surface area contributed by atoms with Gasteiger partial charge >= 0.3 is 7.12 Å². The topological polar surface area (TPSA) is 57.6 Å². The highest BCUT2D eigenvalue weighted by Gasteiger charge is 2.53. The molecule has 1 fully saturated rings. The Balaban J connectivity index is 2.16. The van der Waals surface area contributed by atoms with Crippen LogP contribution in [0.5, 0.6) is 0 Å². The summed E-state index contributed by atoms with van der Waals surface area (Å²) in [6.45, 7) is 7.92. The largest absolute Gasteiger partial charge is 0.483 e. The monoisotopic (exact) mass is 257 g/mol. The van der Waals surface area contributed by atoms with Crippen LogP contribution in [0.3, 0.4) is 0 Å². The standard InChI is InChI=1S/C11H17BClNO3/c1-10(2)11(3,4)17-12(16-10)9(14)7-5-6-8(13)15-7/h5-6,9H,14H2,1-4H3/t9-/m1/s1. The van der Waals surface area contributed by atoms with Gasteiger partial charge in [-0.05, 0) is 51.4 Å². The number of hydrogen-bond donors (Lipinski definition) is 1. The maximum absolute atomic E-state index is 6.05. The van der Waals surface area contributed by atoms with Crippen LogP contribution in [0.2, 0.25) is 5.22 Å². The van der Waals surface area contributed by atoms with Crippen LogP contribution < -0.4 is 5.73 Å². The molecule has 4 nitrogen and oxygen atoms in total. The van der Waals surface area contributed by atoms with E-state index < -0.39 is 24.3 Å². The Labute approximate surface area is 107 Å². The van der Waals surface area contributed by atoms with Crippen molar-refractivity contribution in [1.29, 1.82) is 0 Å². The third kappa shape index (κ3) is 2.25. The summed E-state index contributed by atoms with van der Waals surface area (Å²) < 4.78 is 17.0. The van der Waals surface area contributed by atoms with Crippen molar-refractivity contribution in [2.24, 2.45) is 5.73 Å². The maximum Gasteiger partial charge on any atom is 0.483 e. The van der Waals surface area contributed by atoms with Crippen LogP contribution in [-0.2, 0) is 9.31 Å². The lowest BCUT2D eigenvalue weighted by atomic mass is 9.77. The summed E-state index contributed by atoms with van der Waals surface area (Å²) in [5, 5.41) is 0.312. The minimum Gasteiger partial charge on any atom is -0.449 e. The maximum atomic E-state index is 6.05. The van der Waals surface area contributed by atoms with E-state index in [1.165, 1.54) is 0 Å². The Morgan fingerprint density at radius 2 is 1.71 bits per heavy atom. The van der Waals surface area contributed by atoms with Crippen molar-refractivity contribution in [2.45, 2.75) is 44.8 Å². The van der Waals surface area contributed by atoms with Crippen molar-refractivity contribution in [3.8, 4) is 0 Å². The van der Waals surface area contributed by atoms with E-state index in [9.17, 15) is 0 Å². The van der Waals surface area contributed by atoms with Gasteiger partial charge in [0.15, 0.2) is 5.22 Å². The third-order valence-corrected chi connectivity index (χ3v) is 3.69. The lowest BCUT2D eigenvalue weighted by Gasteiger charge is -2.32. The van der Waals surface area contributed by atoms with Gasteiger partial charge < -0.3 is 19.5 Å². The normalized spacial score (nSPS) is 24.0. The molecule has 0 bridgehead atoms. The second-order valence-electron chi connectivity index (χ2n) is 5.29. The van der Waals surface area contributed by atoms with E-state index in [4.69, 9.17) is 31.1 Å². The number of rotatable bonds is 2. The summed E-state index contributed by atoms with van der Waals surface area (Å²) in [6.07, 6.45) is 0. The van der Waals surface area contributed by atoms with E-state index in [1.807, 2.05) is 27.7 Å². The highest BCUT2D eigenvalue weighted by molar-refractivity contribution is 6.47. The molecule has 1 aliphatic heterocycles. The van der Waals surface area contributed by atoms with Crippen molar-refractivity contribution < 1.29 is 13.7 Å². The quantitative estimate of drug-likeness (QED) is 0.827. The van der Waals surface area contributed by atoms with Gasteiger partial charge in [0.05, 0.1) is 17.1 Å². The first kappa shape index (κ1) is 13.0. The SMILES string of the molecule is CC1(C)OB([C@H](N)c2ccc(Cl)o2)OC1(C)C. The summed E-state index contributed by atoms with van der Waals surface area (Å²) in [4.78, 5) is 0. The van der Waals surface area contributed by atoms with Gasteiger partial charge in [-0.15, -0.1) is 0 Å². The van der Waals surface area contributed by atoms with E-state index in [0.29, 0.717) is 11.0 Å². The lowest BCUT2D eigenvalue weighted by molar-refractivity contribution is 0.00578. The van der Waals surface area contributed by atoms with Gasteiger partial charge in [-0.2, -0.15) is 0 Å². The van der Waals surface area contributed by atoms with E-state index >= 15 is 0 Å². The zero-order valence-corrected chi connectivity index (χ0v) is 11.2. The highest BCUT2D eigenvalue weighted by Crippen LogP contribution is 2.39. The van der Waals surface area contributed by atoms with Crippen LogP contribution in [0.25, 0.3) is 0 Å². The fourth-order valence-electron chi connectivity index (χ4n) is 1.68. The van der Waals surface area contributed by atoms with Gasteiger partial charge in [0.1, 0.15) is 5.76 Å². The van der Waals surface area contributed by atoms with Crippen molar-refractivity contribution in [1.82, 2.24) is 0 Å². The average molecular weight is 258 g/mol. The van der Waals surface area contributed by atoms with Crippen LogP contribution >= 0.6 is 11.6 Å². The smallest absolute Gasteiger partial charge is 0.449 e. The van der Waals surface area contributed by atoms with E-state index in [0.717, 1.165) is 0 Å². The Morgan fingerprint density at radius 1 is 1.18 bits per heavy atom. The molecule has 0 radical (unpaired) electrons. The van der Waals surface area contributed by atoms with Crippen molar-refractivity contribution in [2.75, 3.05) is 0 Å². The minimum absolute atomic E-state index is 0.312. The molecule has 2 rings (SSSR count). The fourth-order valence-corrected chi connectivity index (χ4v) is 1.83. The number of nitrogens with two attached hydrogens (primary N) is 1. The molecular weight excluding hydrogens is 240 g/mol. The second kappa shape index (κ2) is 4.02. The predicted octanol–water partition coefficient (Wildman–Crippen LogP) is 2.56. The molecule has 2 N–H and O–H groups in total. The number of furan rings is 1. The van der Waals surface area contributed by atoms with Crippen LogP contribution in [-0.4, -0.2) is 18.3 Å². The first-order valence-electron chi connectivity index (χ1n) is 5.59. The van der Waals surface area contributed by atoms with Crippen LogP contribution in [0.1, 0.15) is 39.4 Å². The first-order valence-corrected chi connectivity index (χ1v) is 5.97. The molecule has 94 valence electrons. The molecule has 0 amide bonds. The molecule has 0 saturated carbocycles. The van der Waals surface area contributed by atoms with E-state index in [1.54, 1.807) is 12.1 Å². The van der Waals surface area contributed by atoms with Gasteiger partial charge in [-0.3, -0.25) is 0 Å². The Bertz CT molecular complexity index is 403.